The van der Waals surface area contributed by atoms with Crippen LogP contribution in [-0.2, 0) is 22.7 Å². The number of carbonyl (C=O) groups excluding carboxylic acids is 3. The maximum atomic E-state index is 13.9. The predicted molar refractivity (Wildman–Crippen MR) is 157 cm³/mol. The molecule has 10 nitrogen and oxygen atoms in total. The summed E-state index contributed by atoms with van der Waals surface area (Å²) in [6, 6.07) is 27.3. The van der Waals surface area contributed by atoms with E-state index in [1.807, 2.05) is 66.7 Å². The van der Waals surface area contributed by atoms with Gasteiger partial charge < -0.3 is 15.3 Å². The number of aromatic nitrogens is 1. The Morgan fingerprint density at radius 3 is 2.52 bits per heavy atom. The third kappa shape index (κ3) is 5.39. The third-order valence-corrected chi connectivity index (χ3v) is 7.53. The van der Waals surface area contributed by atoms with E-state index in [-0.39, 0.29) is 48.9 Å². The summed E-state index contributed by atoms with van der Waals surface area (Å²) in [6.45, 7) is 0.682. The highest BCUT2D eigenvalue weighted by Crippen LogP contribution is 2.31. The summed E-state index contributed by atoms with van der Waals surface area (Å²) in [5.74, 6) is -0.509. The molecular weight excluding hydrogens is 532 g/mol. The van der Waals surface area contributed by atoms with Crippen LogP contribution in [0, 0.1) is 0 Å². The number of carbonyl (C=O) groups is 3. The topological polar surface area (TPSA) is 109 Å². The number of nitrogens with one attached hydrogen (secondary N) is 1. The van der Waals surface area contributed by atoms with Crippen molar-refractivity contribution >= 4 is 34.8 Å². The maximum absolute atomic E-state index is 13.9. The van der Waals surface area contributed by atoms with E-state index in [4.69, 9.17) is 4.98 Å². The number of piperazine rings is 1. The first-order valence-electron chi connectivity index (χ1n) is 13.7. The van der Waals surface area contributed by atoms with Gasteiger partial charge in [-0.05, 0) is 41.5 Å². The van der Waals surface area contributed by atoms with E-state index in [1.165, 1.54) is 22.0 Å². The molecule has 0 bridgehead atoms. The Labute approximate surface area is 243 Å². The second kappa shape index (κ2) is 11.3. The summed E-state index contributed by atoms with van der Waals surface area (Å²) in [5.41, 5.74) is 3.34. The van der Waals surface area contributed by atoms with Crippen molar-refractivity contribution in [2.45, 2.75) is 19.3 Å². The first-order valence-corrected chi connectivity index (χ1v) is 13.7. The maximum Gasteiger partial charge on any atom is 0.332 e. The average molecular weight is 563 g/mol. The fraction of sp³-hybridized carbons (Fsp3) is 0.188. The van der Waals surface area contributed by atoms with Crippen LogP contribution in [0.2, 0.25) is 0 Å². The van der Waals surface area contributed by atoms with Crippen molar-refractivity contribution in [2.75, 3.05) is 20.1 Å². The molecule has 2 aliphatic heterocycles. The highest BCUT2D eigenvalue weighted by atomic mass is 16.3. The van der Waals surface area contributed by atoms with Gasteiger partial charge in [-0.25, -0.2) is 4.79 Å². The largest absolute Gasteiger partial charge is 0.508 e. The SMILES string of the molecule is CN(C(=O)NCc1ccccc1)N1CC(=O)N2/C(=C/c3ccc(O)cc3)C(=O)N(Cc3ccc4ccccc4n3)C[C@@H]21. The Kier molecular flexibility index (Phi) is 7.28. The molecule has 0 unspecified atom stereocenters. The molecule has 42 heavy (non-hydrogen) atoms. The first-order chi connectivity index (χ1) is 20.4. The molecule has 1 aromatic heterocycles. The number of nitrogens with zero attached hydrogens (tertiary/aromatic N) is 5. The van der Waals surface area contributed by atoms with Gasteiger partial charge in [-0.3, -0.25) is 24.5 Å². The molecule has 10 heteroatoms. The van der Waals surface area contributed by atoms with Gasteiger partial charge in [0.1, 0.15) is 24.2 Å². The zero-order valence-electron chi connectivity index (χ0n) is 23.1. The number of hydrogen-bond acceptors (Lipinski definition) is 6. The summed E-state index contributed by atoms with van der Waals surface area (Å²) in [6.07, 6.45) is 1.04. The summed E-state index contributed by atoms with van der Waals surface area (Å²) >= 11 is 0. The van der Waals surface area contributed by atoms with Crippen LogP contribution >= 0.6 is 0 Å². The van der Waals surface area contributed by atoms with E-state index < -0.39 is 6.17 Å². The van der Waals surface area contributed by atoms with E-state index in [2.05, 4.69) is 5.32 Å². The molecule has 4 aromatic rings. The number of fused-ring (bicyclic) bond motifs is 2. The van der Waals surface area contributed by atoms with Gasteiger partial charge in [-0.2, -0.15) is 5.01 Å². The number of benzene rings is 3. The van der Waals surface area contributed by atoms with E-state index in [0.717, 1.165) is 16.5 Å². The van der Waals surface area contributed by atoms with Gasteiger partial charge in [-0.1, -0.05) is 66.7 Å². The minimum atomic E-state index is -0.605. The highest BCUT2D eigenvalue weighted by Gasteiger charge is 2.49. The number of phenols is 1. The van der Waals surface area contributed by atoms with Gasteiger partial charge in [0, 0.05) is 19.0 Å². The van der Waals surface area contributed by atoms with Crippen molar-refractivity contribution in [3.05, 3.63) is 114 Å². The van der Waals surface area contributed by atoms with Gasteiger partial charge in [0.05, 0.1) is 24.3 Å². The molecule has 1 atom stereocenters. The lowest BCUT2D eigenvalue weighted by molar-refractivity contribution is -0.142. The minimum Gasteiger partial charge on any atom is -0.508 e. The van der Waals surface area contributed by atoms with Crippen LogP contribution < -0.4 is 5.32 Å². The van der Waals surface area contributed by atoms with Gasteiger partial charge in [0.15, 0.2) is 0 Å². The van der Waals surface area contributed by atoms with Gasteiger partial charge in [-0.15, -0.1) is 0 Å². The van der Waals surface area contributed by atoms with Gasteiger partial charge in [0.25, 0.3) is 5.91 Å². The molecule has 4 amide bonds. The summed E-state index contributed by atoms with van der Waals surface area (Å²) in [5, 5.41) is 16.7. The lowest BCUT2D eigenvalue weighted by Gasteiger charge is -2.42. The van der Waals surface area contributed by atoms with Crippen molar-refractivity contribution in [1.29, 1.82) is 0 Å². The van der Waals surface area contributed by atoms with Gasteiger partial charge >= 0.3 is 6.03 Å². The number of hydrogen-bond donors (Lipinski definition) is 2. The molecule has 2 fully saturated rings. The van der Waals surface area contributed by atoms with E-state index in [1.54, 1.807) is 35.2 Å². The van der Waals surface area contributed by atoms with Crippen molar-refractivity contribution in [3.8, 4) is 5.75 Å². The quantitative estimate of drug-likeness (QED) is 0.348. The second-order valence-electron chi connectivity index (χ2n) is 10.3. The zero-order valence-corrected chi connectivity index (χ0v) is 23.1. The Morgan fingerprint density at radius 1 is 1.00 bits per heavy atom. The highest BCUT2D eigenvalue weighted by molar-refractivity contribution is 6.03. The van der Waals surface area contributed by atoms with Crippen LogP contribution in [0.1, 0.15) is 16.8 Å². The molecule has 6 rings (SSSR count). The molecule has 2 saturated heterocycles. The predicted octanol–water partition coefficient (Wildman–Crippen LogP) is 3.55. The van der Waals surface area contributed by atoms with Crippen molar-refractivity contribution in [1.82, 2.24) is 30.1 Å². The third-order valence-electron chi connectivity index (χ3n) is 7.53. The lowest BCUT2D eigenvalue weighted by atomic mass is 10.1. The molecule has 0 saturated carbocycles. The van der Waals surface area contributed by atoms with Crippen molar-refractivity contribution in [3.63, 3.8) is 0 Å². The average Bonchev–Trinajstić information content (AvgIpc) is 3.34. The molecule has 2 N–H and O–H groups in total. The molecular formula is C32H30N6O4. The monoisotopic (exact) mass is 562 g/mol. The number of amides is 4. The van der Waals surface area contributed by atoms with Crippen LogP contribution in [-0.4, -0.2) is 74.1 Å². The van der Waals surface area contributed by atoms with E-state index in [0.29, 0.717) is 17.8 Å². The molecule has 0 spiro atoms. The number of rotatable bonds is 6. The number of phenolic OH excluding ortho intramolecular Hbond substituents is 1. The Hall–Kier alpha value is -5.22. The number of aromatic hydroxyl groups is 1. The number of urea groups is 1. The number of hydrazine groups is 1. The fourth-order valence-electron chi connectivity index (χ4n) is 5.33. The number of para-hydroxylation sites is 1. The van der Waals surface area contributed by atoms with Crippen molar-refractivity contribution < 1.29 is 19.5 Å². The zero-order chi connectivity index (χ0) is 29.2. The normalized spacial score (nSPS) is 18.0. The smallest absolute Gasteiger partial charge is 0.332 e. The van der Waals surface area contributed by atoms with E-state index >= 15 is 0 Å². The molecule has 212 valence electrons. The molecule has 2 aliphatic rings. The van der Waals surface area contributed by atoms with Crippen molar-refractivity contribution in [2.24, 2.45) is 0 Å². The van der Waals surface area contributed by atoms with Crippen LogP contribution in [0.25, 0.3) is 17.0 Å². The number of pyridine rings is 1. The fourth-order valence-corrected chi connectivity index (χ4v) is 5.33. The van der Waals surface area contributed by atoms with Gasteiger partial charge in [0.2, 0.25) is 5.91 Å². The Bertz CT molecular complexity index is 1670. The van der Waals surface area contributed by atoms with Crippen LogP contribution in [0.15, 0.2) is 96.7 Å². The van der Waals surface area contributed by atoms with Crippen LogP contribution in [0.5, 0.6) is 5.75 Å². The summed E-state index contributed by atoms with van der Waals surface area (Å²) < 4.78 is 0. The molecule has 3 heterocycles. The molecule has 0 aliphatic carbocycles. The minimum absolute atomic E-state index is 0.0673. The summed E-state index contributed by atoms with van der Waals surface area (Å²) in [4.78, 5) is 48.3. The molecule has 3 aromatic carbocycles. The Balaban J connectivity index is 1.30. The lowest BCUT2D eigenvalue weighted by Crippen LogP contribution is -2.60. The van der Waals surface area contributed by atoms with Crippen LogP contribution in [0.4, 0.5) is 4.79 Å². The van der Waals surface area contributed by atoms with Crippen LogP contribution in [0.3, 0.4) is 0 Å². The Morgan fingerprint density at radius 2 is 1.74 bits per heavy atom. The molecule has 0 radical (unpaired) electrons. The van der Waals surface area contributed by atoms with E-state index in [9.17, 15) is 19.5 Å². The standard InChI is InChI=1S/C32H30N6O4/c1-35(32(42)33-18-23-7-3-2-4-8-23)37-21-30(40)38-28(17-22-11-15-26(39)16-12-22)31(41)36(20-29(37)38)19-25-14-13-24-9-5-6-10-27(24)34-25/h2-17,29,39H,18-21H2,1H3,(H,33,42)/b28-17+/t29-/m1/s1. The second-order valence-corrected chi connectivity index (χ2v) is 10.3. The first kappa shape index (κ1) is 27.0. The summed E-state index contributed by atoms with van der Waals surface area (Å²) in [7, 11) is 1.62.